The second-order valence-corrected chi connectivity index (χ2v) is 5.59. The minimum atomic E-state index is -0.179. The van der Waals surface area contributed by atoms with Crippen LogP contribution in [-0.4, -0.2) is 18.2 Å². The third-order valence-electron chi connectivity index (χ3n) is 3.04. The van der Waals surface area contributed by atoms with Crippen LogP contribution in [0.3, 0.4) is 0 Å². The minimum Gasteiger partial charge on any atom is -0.376 e. The zero-order chi connectivity index (χ0) is 15.8. The molecule has 0 radical (unpaired) electrons. The van der Waals surface area contributed by atoms with Crippen LogP contribution < -0.4 is 10.7 Å². The standard InChI is InChI=1S/C17H18BrN3O/c1-2-16(13-7-4-3-5-8-13)20-21-17(22)12-19-15-10-6-9-14(18)11-15/h3-11,19H,2,12H2,1H3,(H,21,22)/b20-16-. The lowest BCUT2D eigenvalue weighted by molar-refractivity contribution is -0.119. The maximum atomic E-state index is 11.9. The number of hydrazone groups is 1. The first-order chi connectivity index (χ1) is 10.7. The van der Waals surface area contributed by atoms with Crippen molar-refractivity contribution in [1.82, 2.24) is 5.43 Å². The third-order valence-corrected chi connectivity index (χ3v) is 3.53. The Balaban J connectivity index is 1.90. The van der Waals surface area contributed by atoms with E-state index in [1.54, 1.807) is 0 Å². The van der Waals surface area contributed by atoms with Gasteiger partial charge in [0.1, 0.15) is 0 Å². The molecule has 0 heterocycles. The van der Waals surface area contributed by atoms with Crippen molar-refractivity contribution in [3.63, 3.8) is 0 Å². The molecule has 0 aromatic heterocycles. The first kappa shape index (κ1) is 16.2. The van der Waals surface area contributed by atoms with E-state index in [9.17, 15) is 4.79 Å². The van der Waals surface area contributed by atoms with Gasteiger partial charge >= 0.3 is 0 Å². The highest BCUT2D eigenvalue weighted by atomic mass is 79.9. The lowest BCUT2D eigenvalue weighted by Crippen LogP contribution is -2.27. The van der Waals surface area contributed by atoms with Crippen LogP contribution in [0.4, 0.5) is 5.69 Å². The van der Waals surface area contributed by atoms with Gasteiger partial charge in [-0.3, -0.25) is 4.79 Å². The van der Waals surface area contributed by atoms with E-state index in [-0.39, 0.29) is 12.5 Å². The monoisotopic (exact) mass is 359 g/mol. The molecular weight excluding hydrogens is 342 g/mol. The van der Waals surface area contributed by atoms with Crippen LogP contribution in [0.5, 0.6) is 0 Å². The van der Waals surface area contributed by atoms with E-state index in [1.807, 2.05) is 61.5 Å². The highest BCUT2D eigenvalue weighted by Gasteiger charge is 2.03. The van der Waals surface area contributed by atoms with Gasteiger partial charge in [-0.25, -0.2) is 5.43 Å². The quantitative estimate of drug-likeness (QED) is 0.608. The van der Waals surface area contributed by atoms with E-state index in [2.05, 4.69) is 31.8 Å². The number of rotatable bonds is 6. The molecule has 2 aromatic rings. The number of amides is 1. The van der Waals surface area contributed by atoms with Gasteiger partial charge in [-0.05, 0) is 30.2 Å². The molecule has 4 nitrogen and oxygen atoms in total. The smallest absolute Gasteiger partial charge is 0.259 e. The predicted octanol–water partition coefficient (Wildman–Crippen LogP) is 3.79. The Bertz CT molecular complexity index is 656. The lowest BCUT2D eigenvalue weighted by atomic mass is 10.1. The van der Waals surface area contributed by atoms with Gasteiger partial charge in [-0.15, -0.1) is 0 Å². The molecule has 2 rings (SSSR count). The molecule has 0 aliphatic rings. The number of halogens is 1. The predicted molar refractivity (Wildman–Crippen MR) is 94.0 cm³/mol. The number of anilines is 1. The largest absolute Gasteiger partial charge is 0.376 e. The van der Waals surface area contributed by atoms with Crippen LogP contribution in [0.2, 0.25) is 0 Å². The Labute approximate surface area is 138 Å². The third kappa shape index (κ3) is 5.00. The summed E-state index contributed by atoms with van der Waals surface area (Å²) in [5, 5.41) is 7.27. The highest BCUT2D eigenvalue weighted by molar-refractivity contribution is 9.10. The van der Waals surface area contributed by atoms with Gasteiger partial charge in [-0.2, -0.15) is 5.10 Å². The molecule has 0 spiro atoms. The number of benzene rings is 2. The Morgan fingerprint density at radius 1 is 1.14 bits per heavy atom. The van der Waals surface area contributed by atoms with Gasteiger partial charge in [-0.1, -0.05) is 59.3 Å². The first-order valence-corrected chi connectivity index (χ1v) is 7.88. The van der Waals surface area contributed by atoms with E-state index in [0.717, 1.165) is 27.9 Å². The fourth-order valence-electron chi connectivity index (χ4n) is 1.93. The summed E-state index contributed by atoms with van der Waals surface area (Å²) in [6, 6.07) is 17.5. The summed E-state index contributed by atoms with van der Waals surface area (Å²) >= 11 is 3.39. The van der Waals surface area contributed by atoms with Crippen LogP contribution in [0, 0.1) is 0 Å². The molecule has 0 fully saturated rings. The van der Waals surface area contributed by atoms with Gasteiger partial charge in [0, 0.05) is 10.2 Å². The molecule has 0 atom stereocenters. The summed E-state index contributed by atoms with van der Waals surface area (Å²) in [6.45, 7) is 2.18. The molecule has 0 bridgehead atoms. The molecule has 22 heavy (non-hydrogen) atoms. The second-order valence-electron chi connectivity index (χ2n) is 4.68. The van der Waals surface area contributed by atoms with Crippen LogP contribution >= 0.6 is 15.9 Å². The Kier molecular flexibility index (Phi) is 6.15. The van der Waals surface area contributed by atoms with Crippen molar-refractivity contribution < 1.29 is 4.79 Å². The Morgan fingerprint density at radius 2 is 1.91 bits per heavy atom. The number of hydrogen-bond acceptors (Lipinski definition) is 3. The van der Waals surface area contributed by atoms with E-state index in [1.165, 1.54) is 0 Å². The fourth-order valence-corrected chi connectivity index (χ4v) is 2.33. The van der Waals surface area contributed by atoms with Crippen LogP contribution in [0.25, 0.3) is 0 Å². The zero-order valence-electron chi connectivity index (χ0n) is 12.3. The summed E-state index contributed by atoms with van der Waals surface area (Å²) in [5.41, 5.74) is 5.35. The molecule has 0 aliphatic carbocycles. The molecule has 5 heteroatoms. The van der Waals surface area contributed by atoms with E-state index < -0.39 is 0 Å². The molecule has 0 saturated carbocycles. The van der Waals surface area contributed by atoms with Crippen LogP contribution in [0.15, 0.2) is 64.2 Å². The van der Waals surface area contributed by atoms with Crippen molar-refractivity contribution in [3.05, 3.63) is 64.6 Å². The van der Waals surface area contributed by atoms with Crippen molar-refractivity contribution >= 4 is 33.2 Å². The van der Waals surface area contributed by atoms with E-state index in [0.29, 0.717) is 0 Å². The molecule has 2 aromatic carbocycles. The van der Waals surface area contributed by atoms with E-state index >= 15 is 0 Å². The lowest BCUT2D eigenvalue weighted by Gasteiger charge is -2.07. The van der Waals surface area contributed by atoms with Crippen LogP contribution in [-0.2, 0) is 4.79 Å². The normalized spacial score (nSPS) is 11.1. The molecule has 114 valence electrons. The van der Waals surface area contributed by atoms with Crippen molar-refractivity contribution in [2.24, 2.45) is 5.10 Å². The molecule has 2 N–H and O–H groups in total. The molecule has 0 saturated heterocycles. The fraction of sp³-hybridized carbons (Fsp3) is 0.176. The van der Waals surface area contributed by atoms with Gasteiger partial charge in [0.2, 0.25) is 0 Å². The average Bonchev–Trinajstić information content (AvgIpc) is 2.54. The van der Waals surface area contributed by atoms with Crippen molar-refractivity contribution in [2.45, 2.75) is 13.3 Å². The number of hydrogen-bond donors (Lipinski definition) is 2. The molecule has 0 unspecified atom stereocenters. The number of carbonyl (C=O) groups excluding carboxylic acids is 1. The van der Waals surface area contributed by atoms with Gasteiger partial charge < -0.3 is 5.32 Å². The Hall–Kier alpha value is -2.14. The number of nitrogens with one attached hydrogen (secondary N) is 2. The zero-order valence-corrected chi connectivity index (χ0v) is 13.9. The number of nitrogens with zero attached hydrogens (tertiary/aromatic N) is 1. The summed E-state index contributed by atoms with van der Waals surface area (Å²) in [4.78, 5) is 11.9. The summed E-state index contributed by atoms with van der Waals surface area (Å²) in [7, 11) is 0. The summed E-state index contributed by atoms with van der Waals surface area (Å²) < 4.78 is 0.966. The van der Waals surface area contributed by atoms with Crippen molar-refractivity contribution in [1.29, 1.82) is 0 Å². The SMILES string of the molecule is CC/C(=N/NC(=O)CNc1cccc(Br)c1)c1ccccc1. The molecular formula is C17H18BrN3O. The summed E-state index contributed by atoms with van der Waals surface area (Å²) in [5.74, 6) is -0.179. The summed E-state index contributed by atoms with van der Waals surface area (Å²) in [6.07, 6.45) is 0.753. The molecule has 1 amide bonds. The first-order valence-electron chi connectivity index (χ1n) is 7.09. The minimum absolute atomic E-state index is 0.172. The maximum absolute atomic E-state index is 11.9. The second kappa shape index (κ2) is 8.34. The highest BCUT2D eigenvalue weighted by Crippen LogP contribution is 2.15. The van der Waals surface area contributed by atoms with Crippen molar-refractivity contribution in [2.75, 3.05) is 11.9 Å². The topological polar surface area (TPSA) is 53.5 Å². The van der Waals surface area contributed by atoms with Crippen molar-refractivity contribution in [3.8, 4) is 0 Å². The van der Waals surface area contributed by atoms with Gasteiger partial charge in [0.05, 0.1) is 12.3 Å². The van der Waals surface area contributed by atoms with Gasteiger partial charge in [0.15, 0.2) is 0 Å². The van der Waals surface area contributed by atoms with E-state index in [4.69, 9.17) is 0 Å². The molecule has 0 aliphatic heterocycles. The Morgan fingerprint density at radius 3 is 2.59 bits per heavy atom. The average molecular weight is 360 g/mol. The van der Waals surface area contributed by atoms with Crippen LogP contribution in [0.1, 0.15) is 18.9 Å². The maximum Gasteiger partial charge on any atom is 0.259 e. The van der Waals surface area contributed by atoms with Gasteiger partial charge in [0.25, 0.3) is 5.91 Å². The number of carbonyl (C=O) groups is 1.